The van der Waals surface area contributed by atoms with Crippen molar-refractivity contribution < 1.29 is 17.9 Å². The summed E-state index contributed by atoms with van der Waals surface area (Å²) < 4.78 is 39.5. The smallest absolute Gasteiger partial charge is 0.243 e. The highest BCUT2D eigenvalue weighted by atomic mass is 35.5. The molecule has 0 aliphatic rings. The van der Waals surface area contributed by atoms with Gasteiger partial charge in [-0.3, -0.25) is 0 Å². The second-order valence-corrected chi connectivity index (χ2v) is 11.6. The number of hydrogen-bond donors (Lipinski definition) is 0. The fraction of sp³-hybridized carbons (Fsp3) is 0.333. The lowest BCUT2D eigenvalue weighted by Gasteiger charge is -2.24. The molecule has 0 N–H and O–H groups in total. The van der Waals surface area contributed by atoms with Crippen molar-refractivity contribution in [2.45, 2.75) is 44.0 Å². The molecule has 0 aliphatic heterocycles. The van der Waals surface area contributed by atoms with Crippen molar-refractivity contribution in [3.05, 3.63) is 88.4 Å². The molecule has 3 rings (SSSR count). The summed E-state index contributed by atoms with van der Waals surface area (Å²) in [5.74, 6) is 1.25. The predicted molar refractivity (Wildman–Crippen MR) is 137 cm³/mol. The van der Waals surface area contributed by atoms with Gasteiger partial charge in [0, 0.05) is 18.1 Å². The average Bonchev–Trinajstić information content (AvgIpc) is 2.82. The first-order valence-corrected chi connectivity index (χ1v) is 12.9. The molecule has 0 atom stereocenters. The molecule has 7 heteroatoms. The minimum absolute atomic E-state index is 0.0568. The van der Waals surface area contributed by atoms with Crippen LogP contribution in [0, 0.1) is 0 Å². The Morgan fingerprint density at radius 2 is 1.41 bits per heavy atom. The number of ether oxygens (including phenoxy) is 2. The minimum atomic E-state index is -3.73. The van der Waals surface area contributed by atoms with Crippen LogP contribution >= 0.6 is 11.6 Å². The number of hydrogen-bond acceptors (Lipinski definition) is 4. The van der Waals surface area contributed by atoms with Gasteiger partial charge in [0.1, 0.15) is 0 Å². The molecule has 0 fully saturated rings. The zero-order valence-corrected chi connectivity index (χ0v) is 21.9. The summed E-state index contributed by atoms with van der Waals surface area (Å²) in [7, 11) is -0.556. The largest absolute Gasteiger partial charge is 0.493 e. The number of benzene rings is 3. The van der Waals surface area contributed by atoms with Gasteiger partial charge >= 0.3 is 0 Å². The number of rotatable bonds is 9. The van der Waals surface area contributed by atoms with Crippen LogP contribution in [0.1, 0.15) is 37.5 Å². The maximum Gasteiger partial charge on any atom is 0.243 e. The van der Waals surface area contributed by atoms with Gasteiger partial charge in [-0.15, -0.1) is 0 Å². The molecule has 3 aromatic carbocycles. The van der Waals surface area contributed by atoms with E-state index in [1.807, 2.05) is 42.5 Å². The summed E-state index contributed by atoms with van der Waals surface area (Å²) in [6, 6.07) is 20.1. The van der Waals surface area contributed by atoms with Gasteiger partial charge in [0.15, 0.2) is 11.5 Å². The minimum Gasteiger partial charge on any atom is -0.493 e. The Hall–Kier alpha value is -2.54. The molecule has 0 unspecified atom stereocenters. The van der Waals surface area contributed by atoms with Gasteiger partial charge in [-0.1, -0.05) is 62.7 Å². The SMILES string of the molecule is COc1ccc(CCN(Cc2ccc(Cl)cc2)S(=O)(=O)c2ccc(C(C)(C)C)cc2)cc1OC. The first kappa shape index (κ1) is 26.1. The lowest BCUT2D eigenvalue weighted by Crippen LogP contribution is -2.32. The Kier molecular flexibility index (Phi) is 8.29. The predicted octanol–water partition coefficient (Wildman–Crippen LogP) is 6.09. The zero-order valence-electron chi connectivity index (χ0n) is 20.3. The molecule has 0 heterocycles. The van der Waals surface area contributed by atoms with Crippen molar-refractivity contribution in [1.82, 2.24) is 4.31 Å². The maximum absolute atomic E-state index is 13.7. The second kappa shape index (κ2) is 10.8. The molecule has 5 nitrogen and oxygen atoms in total. The molecule has 182 valence electrons. The molecule has 0 spiro atoms. The quantitative estimate of drug-likeness (QED) is 0.356. The number of sulfonamides is 1. The van der Waals surface area contributed by atoms with Crippen LogP contribution in [0.5, 0.6) is 11.5 Å². The van der Waals surface area contributed by atoms with Crippen LogP contribution in [0.4, 0.5) is 0 Å². The van der Waals surface area contributed by atoms with Crippen molar-refractivity contribution in [3.63, 3.8) is 0 Å². The highest BCUT2D eigenvalue weighted by molar-refractivity contribution is 7.89. The first-order valence-electron chi connectivity index (χ1n) is 11.1. The van der Waals surface area contributed by atoms with Crippen LogP contribution in [0.25, 0.3) is 0 Å². The van der Waals surface area contributed by atoms with E-state index < -0.39 is 10.0 Å². The molecule has 0 amide bonds. The van der Waals surface area contributed by atoms with Crippen LogP contribution in [-0.2, 0) is 28.4 Å². The summed E-state index contributed by atoms with van der Waals surface area (Å²) in [6.45, 7) is 6.86. The van der Waals surface area contributed by atoms with E-state index in [1.165, 1.54) is 4.31 Å². The summed E-state index contributed by atoms with van der Waals surface area (Å²) in [4.78, 5) is 0.279. The van der Waals surface area contributed by atoms with Crippen molar-refractivity contribution >= 4 is 21.6 Å². The van der Waals surface area contributed by atoms with Gasteiger partial charge in [-0.05, 0) is 64.9 Å². The van der Waals surface area contributed by atoms with E-state index in [4.69, 9.17) is 21.1 Å². The molecule has 0 saturated heterocycles. The standard InChI is InChI=1S/C27H32ClNO4S/c1-27(2,3)22-9-13-24(14-10-22)34(30,31)29(19-21-6-11-23(28)12-7-21)17-16-20-8-15-25(32-4)26(18-20)33-5/h6-15,18H,16-17,19H2,1-5H3. The van der Waals surface area contributed by atoms with Crippen LogP contribution in [0.3, 0.4) is 0 Å². The van der Waals surface area contributed by atoms with E-state index in [9.17, 15) is 8.42 Å². The van der Waals surface area contributed by atoms with E-state index in [-0.39, 0.29) is 16.9 Å². The van der Waals surface area contributed by atoms with E-state index in [2.05, 4.69) is 20.8 Å². The fourth-order valence-corrected chi connectivity index (χ4v) is 5.20. The van der Waals surface area contributed by atoms with Gasteiger partial charge in [-0.2, -0.15) is 4.31 Å². The highest BCUT2D eigenvalue weighted by Gasteiger charge is 2.25. The summed E-state index contributed by atoms with van der Waals surface area (Å²) in [6.07, 6.45) is 0.521. The van der Waals surface area contributed by atoms with E-state index >= 15 is 0 Å². The first-order chi connectivity index (χ1) is 16.0. The van der Waals surface area contributed by atoms with Gasteiger partial charge in [0.2, 0.25) is 10.0 Å². The Bertz CT molecular complexity index is 1200. The number of methoxy groups -OCH3 is 2. The molecular weight excluding hydrogens is 470 g/mol. The fourth-order valence-electron chi connectivity index (χ4n) is 3.64. The Balaban J connectivity index is 1.90. The Labute approximate surface area is 208 Å². The summed E-state index contributed by atoms with van der Waals surface area (Å²) >= 11 is 6.03. The van der Waals surface area contributed by atoms with Crippen LogP contribution in [0.15, 0.2) is 71.6 Å². The third kappa shape index (κ3) is 6.32. The summed E-state index contributed by atoms with van der Waals surface area (Å²) in [5.41, 5.74) is 2.85. The molecule has 0 bridgehead atoms. The van der Waals surface area contributed by atoms with E-state index in [0.717, 1.165) is 16.7 Å². The van der Waals surface area contributed by atoms with Gasteiger partial charge < -0.3 is 9.47 Å². The van der Waals surface area contributed by atoms with Gasteiger partial charge in [-0.25, -0.2) is 8.42 Å². The van der Waals surface area contributed by atoms with Crippen molar-refractivity contribution in [2.24, 2.45) is 0 Å². The van der Waals surface area contributed by atoms with E-state index in [0.29, 0.717) is 29.5 Å². The zero-order chi connectivity index (χ0) is 24.9. The highest BCUT2D eigenvalue weighted by Crippen LogP contribution is 2.29. The van der Waals surface area contributed by atoms with Crippen LogP contribution < -0.4 is 9.47 Å². The van der Waals surface area contributed by atoms with Crippen LogP contribution in [-0.4, -0.2) is 33.5 Å². The molecule has 0 aliphatic carbocycles. The normalized spacial score (nSPS) is 12.1. The van der Waals surface area contributed by atoms with Crippen molar-refractivity contribution in [3.8, 4) is 11.5 Å². The molecule has 3 aromatic rings. The second-order valence-electron chi connectivity index (χ2n) is 9.18. The molecule has 34 heavy (non-hydrogen) atoms. The maximum atomic E-state index is 13.7. The van der Waals surface area contributed by atoms with Crippen LogP contribution in [0.2, 0.25) is 5.02 Å². The average molecular weight is 502 g/mol. The number of halogens is 1. The third-order valence-electron chi connectivity index (χ3n) is 5.73. The molecular formula is C27H32ClNO4S. The van der Waals surface area contributed by atoms with E-state index in [1.54, 1.807) is 38.5 Å². The lowest BCUT2D eigenvalue weighted by molar-refractivity contribution is 0.354. The summed E-state index contributed by atoms with van der Waals surface area (Å²) in [5, 5.41) is 0.612. The Morgan fingerprint density at radius 1 is 0.824 bits per heavy atom. The lowest BCUT2D eigenvalue weighted by atomic mass is 9.87. The topological polar surface area (TPSA) is 55.8 Å². The Morgan fingerprint density at radius 3 is 1.97 bits per heavy atom. The van der Waals surface area contributed by atoms with Gasteiger partial charge in [0.05, 0.1) is 19.1 Å². The van der Waals surface area contributed by atoms with Crippen molar-refractivity contribution in [1.29, 1.82) is 0 Å². The monoisotopic (exact) mass is 501 g/mol. The molecule has 0 aromatic heterocycles. The third-order valence-corrected chi connectivity index (χ3v) is 7.84. The number of nitrogens with zero attached hydrogens (tertiary/aromatic N) is 1. The molecule has 0 radical (unpaired) electrons. The van der Waals surface area contributed by atoms with Crippen molar-refractivity contribution in [2.75, 3.05) is 20.8 Å². The molecule has 0 saturated carbocycles. The van der Waals surface area contributed by atoms with Gasteiger partial charge in [0.25, 0.3) is 0 Å².